The summed E-state index contributed by atoms with van der Waals surface area (Å²) in [5, 5.41) is 2.98. The van der Waals surface area contributed by atoms with Gasteiger partial charge in [0.05, 0.1) is 5.56 Å². The maximum Gasteiger partial charge on any atom is 0.416 e. The van der Waals surface area contributed by atoms with Gasteiger partial charge in [-0.1, -0.05) is 6.92 Å². The van der Waals surface area contributed by atoms with Gasteiger partial charge in [0.1, 0.15) is 0 Å². The van der Waals surface area contributed by atoms with Crippen molar-refractivity contribution < 1.29 is 27.5 Å². The normalized spacial score (nSPS) is 18.6. The van der Waals surface area contributed by atoms with Gasteiger partial charge < -0.3 is 19.9 Å². The van der Waals surface area contributed by atoms with Crippen molar-refractivity contribution in [3.8, 4) is 0 Å². The monoisotopic (exact) mass is 441 g/mol. The molecule has 0 saturated carbocycles. The number of likely N-dealkylation sites (tertiary alicyclic amines) is 1. The minimum Gasteiger partial charge on any atom is -0.381 e. The number of rotatable bonds is 5. The van der Waals surface area contributed by atoms with E-state index in [4.69, 9.17) is 4.74 Å². The zero-order valence-electron chi connectivity index (χ0n) is 17.8. The van der Waals surface area contributed by atoms with Crippen molar-refractivity contribution in [2.24, 2.45) is 0 Å². The average molecular weight is 441 g/mol. The molecule has 31 heavy (non-hydrogen) atoms. The topological polar surface area (TPSA) is 61.9 Å². The van der Waals surface area contributed by atoms with E-state index in [0.717, 1.165) is 31.4 Å². The fourth-order valence-electron chi connectivity index (χ4n) is 4.25. The second-order valence-corrected chi connectivity index (χ2v) is 8.08. The molecule has 0 unspecified atom stereocenters. The summed E-state index contributed by atoms with van der Waals surface area (Å²) in [5.41, 5.74) is -0.527. The van der Waals surface area contributed by atoms with E-state index in [1.54, 1.807) is 4.90 Å². The van der Waals surface area contributed by atoms with Crippen molar-refractivity contribution in [2.75, 3.05) is 32.8 Å². The molecule has 3 amide bonds. The Bertz CT molecular complexity index is 741. The molecule has 1 aromatic rings. The Balaban J connectivity index is 1.62. The molecule has 2 aliphatic rings. The second-order valence-electron chi connectivity index (χ2n) is 8.08. The van der Waals surface area contributed by atoms with Crippen LogP contribution in [0.4, 0.5) is 18.0 Å². The molecule has 0 radical (unpaired) electrons. The first kappa shape index (κ1) is 23.4. The number of hydrogen-bond donors (Lipinski definition) is 1. The first-order valence-electron chi connectivity index (χ1n) is 10.9. The zero-order chi connectivity index (χ0) is 22.4. The molecule has 0 atom stereocenters. The fourth-order valence-corrected chi connectivity index (χ4v) is 4.25. The van der Waals surface area contributed by atoms with Crippen molar-refractivity contribution in [1.29, 1.82) is 0 Å². The van der Waals surface area contributed by atoms with Crippen LogP contribution in [-0.4, -0.2) is 66.7 Å². The SMILES string of the molecule is CCCNC(=O)N(C1CCOCC1)C1CCN(C(=O)c2ccc(C(F)(F)F)cc2)CC1. The molecular formula is C22H30F3N3O3. The Kier molecular flexibility index (Phi) is 7.80. The summed E-state index contributed by atoms with van der Waals surface area (Å²) < 4.78 is 43.7. The van der Waals surface area contributed by atoms with Crippen molar-refractivity contribution in [3.05, 3.63) is 35.4 Å². The number of alkyl halides is 3. The fraction of sp³-hybridized carbons (Fsp3) is 0.636. The first-order valence-corrected chi connectivity index (χ1v) is 10.9. The summed E-state index contributed by atoms with van der Waals surface area (Å²) in [5.74, 6) is -0.278. The third-order valence-electron chi connectivity index (χ3n) is 5.95. The van der Waals surface area contributed by atoms with Crippen LogP contribution in [-0.2, 0) is 10.9 Å². The number of halogens is 3. The van der Waals surface area contributed by atoms with Crippen LogP contribution in [0.25, 0.3) is 0 Å². The first-order chi connectivity index (χ1) is 14.8. The van der Waals surface area contributed by atoms with E-state index in [0.29, 0.717) is 45.7 Å². The Morgan fingerprint density at radius 2 is 1.65 bits per heavy atom. The van der Waals surface area contributed by atoms with Gasteiger partial charge in [-0.25, -0.2) is 4.79 Å². The highest BCUT2D eigenvalue weighted by atomic mass is 19.4. The molecule has 172 valence electrons. The molecule has 9 heteroatoms. The van der Waals surface area contributed by atoms with E-state index in [9.17, 15) is 22.8 Å². The standard InChI is InChI=1S/C22H30F3N3O3/c1-2-11-26-21(30)28(19-9-14-31-15-10-19)18-7-12-27(13-8-18)20(29)16-3-5-17(6-4-16)22(23,24)25/h3-6,18-19H,2,7-15H2,1H3,(H,26,30). The molecule has 0 bridgehead atoms. The number of nitrogens with one attached hydrogen (secondary N) is 1. The lowest BCUT2D eigenvalue weighted by Gasteiger charge is -2.43. The summed E-state index contributed by atoms with van der Waals surface area (Å²) in [6.45, 7) is 4.81. The summed E-state index contributed by atoms with van der Waals surface area (Å²) >= 11 is 0. The molecule has 2 fully saturated rings. The summed E-state index contributed by atoms with van der Waals surface area (Å²) in [6, 6.07) is 4.40. The maximum atomic E-state index is 12.9. The molecule has 3 rings (SSSR count). The average Bonchev–Trinajstić information content (AvgIpc) is 2.78. The van der Waals surface area contributed by atoms with E-state index < -0.39 is 11.7 Å². The van der Waals surface area contributed by atoms with Gasteiger partial charge in [-0.3, -0.25) is 4.79 Å². The third-order valence-corrected chi connectivity index (χ3v) is 5.95. The lowest BCUT2D eigenvalue weighted by atomic mass is 9.97. The van der Waals surface area contributed by atoms with Gasteiger partial charge in [-0.2, -0.15) is 13.2 Å². The maximum absolute atomic E-state index is 12.9. The summed E-state index contributed by atoms with van der Waals surface area (Å²) in [4.78, 5) is 29.2. The van der Waals surface area contributed by atoms with Gasteiger partial charge in [0.15, 0.2) is 0 Å². The van der Waals surface area contributed by atoms with E-state index >= 15 is 0 Å². The van der Waals surface area contributed by atoms with Crippen LogP contribution in [0.3, 0.4) is 0 Å². The van der Waals surface area contributed by atoms with Crippen LogP contribution in [0.2, 0.25) is 0 Å². The lowest BCUT2D eigenvalue weighted by Crippen LogP contribution is -2.56. The van der Waals surface area contributed by atoms with Gasteiger partial charge in [-0.15, -0.1) is 0 Å². The quantitative estimate of drug-likeness (QED) is 0.754. The number of carbonyl (C=O) groups is 2. The predicted molar refractivity (Wildman–Crippen MR) is 110 cm³/mol. The molecule has 6 nitrogen and oxygen atoms in total. The number of hydrogen-bond acceptors (Lipinski definition) is 3. The highest BCUT2D eigenvalue weighted by Gasteiger charge is 2.35. The number of ether oxygens (including phenoxy) is 1. The molecule has 2 heterocycles. The minimum absolute atomic E-state index is 0.0246. The molecule has 0 spiro atoms. The number of carbonyl (C=O) groups excluding carboxylic acids is 2. The van der Waals surface area contributed by atoms with Gasteiger partial charge in [0.25, 0.3) is 5.91 Å². The Hall–Kier alpha value is -2.29. The van der Waals surface area contributed by atoms with Crippen molar-refractivity contribution >= 4 is 11.9 Å². The highest BCUT2D eigenvalue weighted by Crippen LogP contribution is 2.30. The van der Waals surface area contributed by atoms with Gasteiger partial charge in [0, 0.05) is 50.5 Å². The van der Waals surface area contributed by atoms with E-state index in [2.05, 4.69) is 5.32 Å². The number of urea groups is 1. The number of nitrogens with zero attached hydrogens (tertiary/aromatic N) is 2. The second kappa shape index (κ2) is 10.3. The molecule has 0 aliphatic carbocycles. The lowest BCUT2D eigenvalue weighted by molar-refractivity contribution is -0.137. The summed E-state index contributed by atoms with van der Waals surface area (Å²) in [7, 11) is 0. The van der Waals surface area contributed by atoms with Crippen LogP contribution in [0, 0.1) is 0 Å². The number of benzene rings is 1. The highest BCUT2D eigenvalue weighted by molar-refractivity contribution is 5.94. The van der Waals surface area contributed by atoms with Crippen molar-refractivity contribution in [3.63, 3.8) is 0 Å². The van der Waals surface area contributed by atoms with Crippen LogP contribution >= 0.6 is 0 Å². The molecule has 1 N–H and O–H groups in total. The molecule has 2 aliphatic heterocycles. The van der Waals surface area contributed by atoms with Crippen molar-refractivity contribution in [1.82, 2.24) is 15.1 Å². The molecule has 1 aromatic carbocycles. The summed E-state index contributed by atoms with van der Waals surface area (Å²) in [6.07, 6.45) is -0.694. The van der Waals surface area contributed by atoms with Crippen LogP contribution in [0.15, 0.2) is 24.3 Å². The minimum atomic E-state index is -4.42. The van der Waals surface area contributed by atoms with Gasteiger partial charge in [0.2, 0.25) is 0 Å². The van der Waals surface area contributed by atoms with E-state index in [1.165, 1.54) is 12.1 Å². The Morgan fingerprint density at radius 3 is 2.19 bits per heavy atom. The van der Waals surface area contributed by atoms with Crippen LogP contribution in [0.5, 0.6) is 0 Å². The van der Waals surface area contributed by atoms with Crippen LogP contribution < -0.4 is 5.32 Å². The molecule has 2 saturated heterocycles. The zero-order valence-corrected chi connectivity index (χ0v) is 17.8. The van der Waals surface area contributed by atoms with E-state index in [-0.39, 0.29) is 29.6 Å². The largest absolute Gasteiger partial charge is 0.416 e. The smallest absolute Gasteiger partial charge is 0.381 e. The Labute approximate surface area is 180 Å². The predicted octanol–water partition coefficient (Wildman–Crippen LogP) is 3.91. The molecule has 0 aromatic heterocycles. The van der Waals surface area contributed by atoms with Gasteiger partial charge >= 0.3 is 12.2 Å². The number of amides is 3. The Morgan fingerprint density at radius 1 is 1.06 bits per heavy atom. The third kappa shape index (κ3) is 5.90. The molecular weight excluding hydrogens is 411 g/mol. The van der Waals surface area contributed by atoms with Crippen molar-refractivity contribution in [2.45, 2.75) is 57.3 Å². The van der Waals surface area contributed by atoms with Crippen LogP contribution in [0.1, 0.15) is 54.9 Å². The number of piperidine rings is 1. The van der Waals surface area contributed by atoms with E-state index in [1.807, 2.05) is 11.8 Å². The van der Waals surface area contributed by atoms with Gasteiger partial charge in [-0.05, 0) is 56.4 Å².